The fraction of sp³-hybridized carbons (Fsp3) is 0.188. The van der Waals surface area contributed by atoms with Gasteiger partial charge in [0.1, 0.15) is 5.75 Å². The summed E-state index contributed by atoms with van der Waals surface area (Å²) < 4.78 is 6.58. The lowest BCUT2D eigenvalue weighted by Gasteiger charge is -2.10. The van der Waals surface area contributed by atoms with E-state index in [1.807, 2.05) is 25.1 Å². The molecule has 0 heterocycles. The summed E-state index contributed by atoms with van der Waals surface area (Å²) in [4.78, 5) is 11.0. The third kappa shape index (κ3) is 3.89. The molecule has 0 aromatic heterocycles. The molecule has 0 fully saturated rings. The Labute approximate surface area is 142 Å². The minimum Gasteiger partial charge on any atom is -0.493 e. The number of halogens is 2. The molecule has 0 radical (unpaired) electrons. The predicted molar refractivity (Wildman–Crippen MR) is 93.0 cm³/mol. The average molecular weight is 417 g/mol. The normalized spacial score (nSPS) is 10.4. The number of hydrogen-bond donors (Lipinski definition) is 1. The van der Waals surface area contributed by atoms with Crippen molar-refractivity contribution in [1.29, 1.82) is 0 Å². The van der Waals surface area contributed by atoms with Gasteiger partial charge in [0.25, 0.3) is 0 Å². The molecule has 110 valence electrons. The fourth-order valence-electron chi connectivity index (χ4n) is 2.01. The standard InChI is InChI=1S/C16H14ClIO3/c1-10-8-11(3-5-15(10)21-7-6-18)12-2-4-13(16(19)20)14(17)9-12/h2-5,8-9H,6-7H2,1H3,(H,19,20). The molecule has 21 heavy (non-hydrogen) atoms. The number of ether oxygens (including phenoxy) is 1. The Bertz CT molecular complexity index is 671. The van der Waals surface area contributed by atoms with E-state index in [4.69, 9.17) is 21.4 Å². The third-order valence-corrected chi connectivity index (χ3v) is 3.80. The molecule has 0 unspecified atom stereocenters. The summed E-state index contributed by atoms with van der Waals surface area (Å²) in [6.45, 7) is 2.67. The second-order valence-corrected chi connectivity index (χ2v) is 6.00. The van der Waals surface area contributed by atoms with Gasteiger partial charge < -0.3 is 9.84 Å². The monoisotopic (exact) mass is 416 g/mol. The van der Waals surface area contributed by atoms with Crippen LogP contribution < -0.4 is 4.74 Å². The van der Waals surface area contributed by atoms with Crippen LogP contribution in [0.15, 0.2) is 36.4 Å². The molecule has 5 heteroatoms. The first-order valence-corrected chi connectivity index (χ1v) is 8.26. The lowest BCUT2D eigenvalue weighted by Crippen LogP contribution is -1.99. The Kier molecular flexibility index (Phi) is 5.47. The molecule has 3 nitrogen and oxygen atoms in total. The Morgan fingerprint density at radius 1 is 1.24 bits per heavy atom. The van der Waals surface area contributed by atoms with Crippen LogP contribution in [0.2, 0.25) is 5.02 Å². The molecule has 1 N–H and O–H groups in total. The van der Waals surface area contributed by atoms with Crippen molar-refractivity contribution in [2.45, 2.75) is 6.92 Å². The zero-order valence-corrected chi connectivity index (χ0v) is 14.3. The summed E-state index contributed by atoms with van der Waals surface area (Å²) >= 11 is 8.27. The molecule has 0 spiro atoms. The van der Waals surface area contributed by atoms with E-state index < -0.39 is 5.97 Å². The number of aromatic carboxylic acids is 1. The summed E-state index contributed by atoms with van der Waals surface area (Å²) in [5, 5.41) is 9.23. The number of hydrogen-bond acceptors (Lipinski definition) is 2. The molecule has 2 rings (SSSR count). The van der Waals surface area contributed by atoms with Gasteiger partial charge in [0.15, 0.2) is 0 Å². The predicted octanol–water partition coefficient (Wildman–Crippen LogP) is 4.83. The smallest absolute Gasteiger partial charge is 0.337 e. The third-order valence-electron chi connectivity index (χ3n) is 3.04. The van der Waals surface area contributed by atoms with Gasteiger partial charge in [0.2, 0.25) is 0 Å². The number of benzene rings is 2. The van der Waals surface area contributed by atoms with Crippen molar-refractivity contribution in [1.82, 2.24) is 0 Å². The zero-order chi connectivity index (χ0) is 15.4. The van der Waals surface area contributed by atoms with Gasteiger partial charge in [0, 0.05) is 4.43 Å². The Hall–Kier alpha value is -1.27. The minimum absolute atomic E-state index is 0.110. The van der Waals surface area contributed by atoms with E-state index >= 15 is 0 Å². The number of alkyl halides is 1. The first-order valence-electron chi connectivity index (χ1n) is 6.35. The van der Waals surface area contributed by atoms with E-state index in [1.54, 1.807) is 12.1 Å². The first-order chi connectivity index (χ1) is 10.0. The molecule has 2 aromatic carbocycles. The zero-order valence-electron chi connectivity index (χ0n) is 11.4. The van der Waals surface area contributed by atoms with Gasteiger partial charge in [-0.15, -0.1) is 0 Å². The minimum atomic E-state index is -1.02. The molecule has 0 saturated carbocycles. The van der Waals surface area contributed by atoms with E-state index in [0.717, 1.165) is 26.9 Å². The molecule has 0 amide bonds. The number of carboxylic acids is 1. The molecule has 0 atom stereocenters. The molecule has 0 aliphatic heterocycles. The highest BCUT2D eigenvalue weighted by atomic mass is 127. The Balaban J connectivity index is 2.32. The summed E-state index contributed by atoms with van der Waals surface area (Å²) in [6, 6.07) is 10.8. The van der Waals surface area contributed by atoms with Crippen molar-refractivity contribution in [3.63, 3.8) is 0 Å². The molecule has 0 saturated heterocycles. The van der Waals surface area contributed by atoms with Crippen LogP contribution in [0, 0.1) is 6.92 Å². The van der Waals surface area contributed by atoms with Crippen molar-refractivity contribution < 1.29 is 14.6 Å². The van der Waals surface area contributed by atoms with Gasteiger partial charge in [0.05, 0.1) is 17.2 Å². The Morgan fingerprint density at radius 2 is 1.90 bits per heavy atom. The highest BCUT2D eigenvalue weighted by Crippen LogP contribution is 2.29. The topological polar surface area (TPSA) is 46.5 Å². The maximum absolute atomic E-state index is 11.0. The molecule has 0 aliphatic rings. The maximum Gasteiger partial charge on any atom is 0.337 e. The van der Waals surface area contributed by atoms with Crippen LogP contribution in [-0.2, 0) is 0 Å². The van der Waals surface area contributed by atoms with Crippen molar-refractivity contribution >= 4 is 40.2 Å². The van der Waals surface area contributed by atoms with Gasteiger partial charge in [-0.1, -0.05) is 46.3 Å². The average Bonchev–Trinajstić information content (AvgIpc) is 2.45. The van der Waals surface area contributed by atoms with Crippen LogP contribution in [0.3, 0.4) is 0 Å². The summed E-state index contributed by atoms with van der Waals surface area (Å²) in [7, 11) is 0. The number of rotatable bonds is 5. The van der Waals surface area contributed by atoms with Crippen molar-refractivity contribution in [3.05, 3.63) is 52.5 Å². The van der Waals surface area contributed by atoms with Crippen molar-refractivity contribution in [2.75, 3.05) is 11.0 Å². The van der Waals surface area contributed by atoms with Crippen LogP contribution in [0.5, 0.6) is 5.75 Å². The summed E-state index contributed by atoms with van der Waals surface area (Å²) in [5.41, 5.74) is 3.01. The number of carbonyl (C=O) groups is 1. The van der Waals surface area contributed by atoms with E-state index in [9.17, 15) is 4.79 Å². The molecule has 2 aromatic rings. The SMILES string of the molecule is Cc1cc(-c2ccc(C(=O)O)c(Cl)c2)ccc1OCCI. The fourth-order valence-corrected chi connectivity index (χ4v) is 2.49. The van der Waals surface area contributed by atoms with Crippen LogP contribution in [-0.4, -0.2) is 22.1 Å². The highest BCUT2D eigenvalue weighted by Gasteiger charge is 2.10. The summed E-state index contributed by atoms with van der Waals surface area (Å²) in [6.07, 6.45) is 0. The van der Waals surface area contributed by atoms with E-state index in [0.29, 0.717) is 6.61 Å². The first kappa shape index (κ1) is 16.1. The molecule has 0 aliphatic carbocycles. The van der Waals surface area contributed by atoms with Crippen molar-refractivity contribution in [2.24, 2.45) is 0 Å². The molecule has 0 bridgehead atoms. The quantitative estimate of drug-likeness (QED) is 0.561. The lowest BCUT2D eigenvalue weighted by molar-refractivity contribution is 0.0697. The summed E-state index contributed by atoms with van der Waals surface area (Å²) in [5.74, 6) is -0.158. The van der Waals surface area contributed by atoms with E-state index in [2.05, 4.69) is 22.6 Å². The second-order valence-electron chi connectivity index (χ2n) is 4.52. The van der Waals surface area contributed by atoms with Gasteiger partial charge in [-0.05, 0) is 47.9 Å². The molecular weight excluding hydrogens is 403 g/mol. The maximum atomic E-state index is 11.0. The lowest BCUT2D eigenvalue weighted by atomic mass is 10.0. The van der Waals surface area contributed by atoms with Crippen LogP contribution in [0.1, 0.15) is 15.9 Å². The van der Waals surface area contributed by atoms with Crippen LogP contribution >= 0.6 is 34.2 Å². The van der Waals surface area contributed by atoms with E-state index in [1.165, 1.54) is 6.07 Å². The second kappa shape index (κ2) is 7.13. The van der Waals surface area contributed by atoms with Gasteiger partial charge >= 0.3 is 5.97 Å². The van der Waals surface area contributed by atoms with Gasteiger partial charge in [-0.3, -0.25) is 0 Å². The van der Waals surface area contributed by atoms with Gasteiger partial charge in [-0.25, -0.2) is 4.79 Å². The van der Waals surface area contributed by atoms with Crippen LogP contribution in [0.4, 0.5) is 0 Å². The van der Waals surface area contributed by atoms with E-state index in [-0.39, 0.29) is 10.6 Å². The molecular formula is C16H14ClIO3. The van der Waals surface area contributed by atoms with Crippen molar-refractivity contribution in [3.8, 4) is 16.9 Å². The largest absolute Gasteiger partial charge is 0.493 e. The Morgan fingerprint density at radius 3 is 2.48 bits per heavy atom. The number of aryl methyl sites for hydroxylation is 1. The van der Waals surface area contributed by atoms with Gasteiger partial charge in [-0.2, -0.15) is 0 Å². The number of carboxylic acid groups (broad SMARTS) is 1. The highest BCUT2D eigenvalue weighted by molar-refractivity contribution is 14.1. The van der Waals surface area contributed by atoms with Crippen LogP contribution in [0.25, 0.3) is 11.1 Å².